The zero-order valence-electron chi connectivity index (χ0n) is 18.3. The number of sulfonamides is 1. The molecule has 0 saturated heterocycles. The summed E-state index contributed by atoms with van der Waals surface area (Å²) in [6, 6.07) is 16.6. The van der Waals surface area contributed by atoms with Gasteiger partial charge in [0.25, 0.3) is 21.6 Å². The number of nitrogens with zero attached hydrogens (tertiary/aromatic N) is 3. The quantitative estimate of drug-likeness (QED) is 0.282. The number of hydrogen-bond donors (Lipinski definition) is 1. The predicted octanol–water partition coefficient (Wildman–Crippen LogP) is 4.21. The van der Waals surface area contributed by atoms with Crippen LogP contribution in [0.25, 0.3) is 0 Å². The Kier molecular flexibility index (Phi) is 7.64. The van der Waals surface area contributed by atoms with Crippen LogP contribution >= 0.6 is 11.6 Å². The second-order valence-corrected chi connectivity index (χ2v) is 9.62. The Morgan fingerprint density at radius 3 is 2.35 bits per heavy atom. The molecule has 0 fully saturated rings. The minimum atomic E-state index is -4.10. The molecule has 11 heteroatoms. The van der Waals surface area contributed by atoms with Gasteiger partial charge in [-0.2, -0.15) is 5.10 Å². The van der Waals surface area contributed by atoms with Gasteiger partial charge in [-0.15, -0.1) is 0 Å². The van der Waals surface area contributed by atoms with E-state index in [2.05, 4.69) is 10.5 Å². The Bertz CT molecular complexity index is 1340. The first-order chi connectivity index (χ1) is 16.1. The Balaban J connectivity index is 1.85. The minimum Gasteiger partial charge on any atom is -0.271 e. The lowest BCUT2D eigenvalue weighted by atomic mass is 10.2. The lowest BCUT2D eigenvalue weighted by molar-refractivity contribution is -0.384. The smallest absolute Gasteiger partial charge is 0.269 e. The lowest BCUT2D eigenvalue weighted by Gasteiger charge is -2.25. The fraction of sp³-hybridized carbons (Fsp3) is 0.130. The van der Waals surface area contributed by atoms with Crippen molar-refractivity contribution < 1.29 is 18.1 Å². The van der Waals surface area contributed by atoms with Crippen LogP contribution in [0.2, 0.25) is 5.02 Å². The highest BCUT2D eigenvalue weighted by molar-refractivity contribution is 7.92. The fourth-order valence-electron chi connectivity index (χ4n) is 3.03. The first kappa shape index (κ1) is 24.9. The SMILES string of the molecule is Cc1ccc(S(=O)(=O)N(CC(=O)N/N=C\c2ccc([N+](=O)[O-])cc2)c2cccc(Cl)c2C)cc1. The predicted molar refractivity (Wildman–Crippen MR) is 131 cm³/mol. The lowest BCUT2D eigenvalue weighted by Crippen LogP contribution is -2.40. The second kappa shape index (κ2) is 10.4. The monoisotopic (exact) mass is 500 g/mol. The number of halogens is 1. The average molecular weight is 501 g/mol. The second-order valence-electron chi connectivity index (χ2n) is 7.35. The van der Waals surface area contributed by atoms with Crippen LogP contribution in [-0.4, -0.2) is 32.0 Å². The number of hydrogen-bond acceptors (Lipinski definition) is 6. The number of nitrogens with one attached hydrogen (secondary N) is 1. The van der Waals surface area contributed by atoms with Gasteiger partial charge in [-0.05, 0) is 61.4 Å². The van der Waals surface area contributed by atoms with Crippen molar-refractivity contribution >= 4 is 45.1 Å². The van der Waals surface area contributed by atoms with E-state index in [4.69, 9.17) is 11.6 Å². The molecule has 3 aromatic carbocycles. The molecule has 0 aromatic heterocycles. The molecular weight excluding hydrogens is 480 g/mol. The minimum absolute atomic E-state index is 0.0275. The number of amides is 1. The maximum Gasteiger partial charge on any atom is 0.269 e. The topological polar surface area (TPSA) is 122 Å². The van der Waals surface area contributed by atoms with E-state index in [1.807, 2.05) is 6.92 Å². The highest BCUT2D eigenvalue weighted by Gasteiger charge is 2.28. The Labute approximate surface area is 201 Å². The van der Waals surface area contributed by atoms with E-state index in [9.17, 15) is 23.3 Å². The first-order valence-corrected chi connectivity index (χ1v) is 11.8. The summed E-state index contributed by atoms with van der Waals surface area (Å²) >= 11 is 6.21. The summed E-state index contributed by atoms with van der Waals surface area (Å²) in [5.74, 6) is -0.687. The van der Waals surface area contributed by atoms with E-state index < -0.39 is 27.4 Å². The van der Waals surface area contributed by atoms with Crippen molar-refractivity contribution in [3.8, 4) is 0 Å². The molecule has 0 radical (unpaired) electrons. The summed E-state index contributed by atoms with van der Waals surface area (Å²) in [4.78, 5) is 22.9. The summed E-state index contributed by atoms with van der Waals surface area (Å²) in [6.45, 7) is 2.96. The summed E-state index contributed by atoms with van der Waals surface area (Å²) in [5, 5.41) is 14.9. The van der Waals surface area contributed by atoms with Gasteiger partial charge in [0.2, 0.25) is 0 Å². The summed E-state index contributed by atoms with van der Waals surface area (Å²) in [6.07, 6.45) is 1.30. The molecule has 0 saturated carbocycles. The van der Waals surface area contributed by atoms with Crippen molar-refractivity contribution in [1.29, 1.82) is 0 Å². The van der Waals surface area contributed by atoms with Crippen molar-refractivity contribution in [2.24, 2.45) is 5.10 Å². The van der Waals surface area contributed by atoms with Gasteiger partial charge in [0, 0.05) is 17.2 Å². The highest BCUT2D eigenvalue weighted by atomic mass is 35.5. The Morgan fingerprint density at radius 1 is 1.09 bits per heavy atom. The van der Waals surface area contributed by atoms with Crippen molar-refractivity contribution in [2.75, 3.05) is 10.8 Å². The van der Waals surface area contributed by atoms with Crippen LogP contribution in [0.15, 0.2) is 76.7 Å². The van der Waals surface area contributed by atoms with Crippen LogP contribution in [0, 0.1) is 24.0 Å². The average Bonchev–Trinajstić information content (AvgIpc) is 2.80. The number of carbonyl (C=O) groups is 1. The summed E-state index contributed by atoms with van der Waals surface area (Å²) < 4.78 is 27.9. The van der Waals surface area contributed by atoms with Gasteiger partial charge < -0.3 is 0 Å². The van der Waals surface area contributed by atoms with Gasteiger partial charge in [0.1, 0.15) is 6.54 Å². The molecule has 0 heterocycles. The number of rotatable bonds is 8. The molecule has 3 rings (SSSR count). The third kappa shape index (κ3) is 5.77. The summed E-state index contributed by atoms with van der Waals surface area (Å²) in [5.41, 5.74) is 4.39. The van der Waals surface area contributed by atoms with E-state index in [1.165, 1.54) is 42.6 Å². The van der Waals surface area contributed by atoms with Crippen LogP contribution in [0.3, 0.4) is 0 Å². The van der Waals surface area contributed by atoms with Gasteiger partial charge >= 0.3 is 0 Å². The molecule has 1 N–H and O–H groups in total. The van der Waals surface area contributed by atoms with Crippen molar-refractivity contribution in [2.45, 2.75) is 18.7 Å². The van der Waals surface area contributed by atoms with Gasteiger partial charge in [-0.3, -0.25) is 19.2 Å². The van der Waals surface area contributed by atoms with Gasteiger partial charge in [0.05, 0.1) is 21.7 Å². The molecule has 34 heavy (non-hydrogen) atoms. The molecule has 0 aliphatic heterocycles. The molecule has 9 nitrogen and oxygen atoms in total. The van der Waals surface area contributed by atoms with Gasteiger partial charge in [-0.25, -0.2) is 13.8 Å². The molecule has 0 aliphatic carbocycles. The molecule has 3 aromatic rings. The van der Waals surface area contributed by atoms with Crippen LogP contribution in [0.1, 0.15) is 16.7 Å². The molecule has 1 amide bonds. The number of nitro groups is 1. The molecule has 0 unspecified atom stereocenters. The zero-order chi connectivity index (χ0) is 24.9. The number of benzene rings is 3. The maximum absolute atomic E-state index is 13.4. The van der Waals surface area contributed by atoms with Gasteiger partial charge in [0.15, 0.2) is 0 Å². The number of carbonyl (C=O) groups excluding carboxylic acids is 1. The normalized spacial score (nSPS) is 11.4. The Morgan fingerprint density at radius 2 is 1.74 bits per heavy atom. The molecule has 0 spiro atoms. The highest BCUT2D eigenvalue weighted by Crippen LogP contribution is 2.30. The maximum atomic E-state index is 13.4. The van der Waals surface area contributed by atoms with E-state index in [-0.39, 0.29) is 16.3 Å². The first-order valence-electron chi connectivity index (χ1n) is 10.0. The standard InChI is InChI=1S/C23H21ClN4O5S/c1-16-6-12-20(13-7-16)34(32,33)27(22-5-3-4-21(24)17(22)2)15-23(29)26-25-14-18-8-10-19(11-9-18)28(30)31/h3-14H,15H2,1-2H3,(H,26,29)/b25-14-. The van der Waals surface area contributed by atoms with E-state index >= 15 is 0 Å². The number of aryl methyl sites for hydroxylation is 1. The fourth-order valence-corrected chi connectivity index (χ4v) is 4.68. The molecule has 0 aliphatic rings. The van der Waals surface area contributed by atoms with Crippen LogP contribution in [0.4, 0.5) is 11.4 Å². The molecule has 0 atom stereocenters. The van der Waals surface area contributed by atoms with Crippen molar-refractivity contribution in [1.82, 2.24) is 5.43 Å². The number of anilines is 1. The zero-order valence-corrected chi connectivity index (χ0v) is 19.9. The van der Waals surface area contributed by atoms with Crippen LogP contribution in [-0.2, 0) is 14.8 Å². The molecular formula is C23H21ClN4O5S. The molecule has 176 valence electrons. The van der Waals surface area contributed by atoms with Gasteiger partial charge in [-0.1, -0.05) is 35.4 Å². The number of nitro benzene ring substituents is 1. The van der Waals surface area contributed by atoms with Crippen molar-refractivity contribution in [3.63, 3.8) is 0 Å². The number of non-ortho nitro benzene ring substituents is 1. The van der Waals surface area contributed by atoms with E-state index in [0.29, 0.717) is 16.1 Å². The third-order valence-electron chi connectivity index (χ3n) is 4.91. The summed E-state index contributed by atoms with van der Waals surface area (Å²) in [7, 11) is -4.10. The third-order valence-corrected chi connectivity index (χ3v) is 7.09. The van der Waals surface area contributed by atoms with E-state index in [0.717, 1.165) is 9.87 Å². The van der Waals surface area contributed by atoms with Crippen LogP contribution in [0.5, 0.6) is 0 Å². The van der Waals surface area contributed by atoms with E-state index in [1.54, 1.807) is 37.3 Å². The molecule has 0 bridgehead atoms. The van der Waals surface area contributed by atoms with Crippen molar-refractivity contribution in [3.05, 3.63) is 98.6 Å². The largest absolute Gasteiger partial charge is 0.271 e. The van der Waals surface area contributed by atoms with Crippen LogP contribution < -0.4 is 9.73 Å². The number of hydrazone groups is 1. The Hall–Kier alpha value is -3.76.